The molecule has 3 rings (SSSR count). The molecule has 2 aromatic carbocycles. The van der Waals surface area contributed by atoms with Gasteiger partial charge in [-0.25, -0.2) is 4.39 Å². The third-order valence-corrected chi connectivity index (χ3v) is 3.38. The normalized spacial score (nSPS) is 18.2. The van der Waals surface area contributed by atoms with Crippen LogP contribution in [-0.4, -0.2) is 24.1 Å². The summed E-state index contributed by atoms with van der Waals surface area (Å²) in [6.45, 7) is 0.629. The molecule has 0 spiro atoms. The zero-order chi connectivity index (χ0) is 13.9. The fourth-order valence-electron chi connectivity index (χ4n) is 2.30. The van der Waals surface area contributed by atoms with Crippen molar-refractivity contribution in [2.24, 2.45) is 0 Å². The highest BCUT2D eigenvalue weighted by molar-refractivity contribution is 5.94. The van der Waals surface area contributed by atoms with Crippen LogP contribution in [0.2, 0.25) is 0 Å². The Hall–Kier alpha value is -2.20. The summed E-state index contributed by atoms with van der Waals surface area (Å²) in [5, 5.41) is 0. The van der Waals surface area contributed by atoms with Gasteiger partial charge in [0.05, 0.1) is 12.1 Å². The van der Waals surface area contributed by atoms with Crippen molar-refractivity contribution < 1.29 is 13.9 Å². The molecule has 0 saturated carbocycles. The molecule has 4 heteroatoms. The summed E-state index contributed by atoms with van der Waals surface area (Å²) < 4.78 is 19.2. The van der Waals surface area contributed by atoms with Crippen LogP contribution in [-0.2, 0) is 4.74 Å². The molecule has 1 heterocycles. The van der Waals surface area contributed by atoms with Crippen LogP contribution in [0.15, 0.2) is 54.6 Å². The Morgan fingerprint density at radius 2 is 1.80 bits per heavy atom. The number of halogens is 1. The van der Waals surface area contributed by atoms with Crippen molar-refractivity contribution in [3.05, 3.63) is 71.5 Å². The lowest BCUT2D eigenvalue weighted by Gasteiger charge is -2.14. The fraction of sp³-hybridized carbons (Fsp3) is 0.188. The molecular weight excluding hydrogens is 257 g/mol. The molecule has 1 atom stereocenters. The van der Waals surface area contributed by atoms with Crippen LogP contribution in [0.25, 0.3) is 0 Å². The molecule has 1 aliphatic rings. The first-order valence-corrected chi connectivity index (χ1v) is 6.46. The number of ether oxygens (including phenoxy) is 1. The first kappa shape index (κ1) is 12.8. The van der Waals surface area contributed by atoms with Crippen molar-refractivity contribution in [2.75, 3.05) is 13.3 Å². The number of benzene rings is 2. The number of carbonyl (C=O) groups excluding carboxylic acids is 1. The van der Waals surface area contributed by atoms with Gasteiger partial charge in [0, 0.05) is 0 Å². The van der Waals surface area contributed by atoms with Crippen LogP contribution in [0.5, 0.6) is 0 Å². The molecule has 20 heavy (non-hydrogen) atoms. The average molecular weight is 271 g/mol. The van der Waals surface area contributed by atoms with E-state index >= 15 is 0 Å². The molecule has 3 nitrogen and oxygen atoms in total. The standard InChI is InChI=1S/C16H14FNO2/c17-14-9-5-4-8-13(14)16(19)18-10-15(20-11-18)12-6-2-1-3-7-12/h1-9,15H,10-11H2. The maximum atomic E-state index is 13.6. The lowest BCUT2D eigenvalue weighted by Crippen LogP contribution is -2.29. The Labute approximate surface area is 116 Å². The zero-order valence-corrected chi connectivity index (χ0v) is 10.8. The van der Waals surface area contributed by atoms with Crippen LogP contribution in [0.3, 0.4) is 0 Å². The highest BCUT2D eigenvalue weighted by Crippen LogP contribution is 2.25. The number of nitrogens with zero attached hydrogens (tertiary/aromatic N) is 1. The van der Waals surface area contributed by atoms with Gasteiger partial charge in [0.2, 0.25) is 0 Å². The van der Waals surface area contributed by atoms with Gasteiger partial charge in [-0.1, -0.05) is 42.5 Å². The van der Waals surface area contributed by atoms with Crippen molar-refractivity contribution in [3.63, 3.8) is 0 Å². The minimum Gasteiger partial charge on any atom is -0.351 e. The Bertz CT molecular complexity index is 615. The number of hydrogen-bond donors (Lipinski definition) is 0. The fourth-order valence-corrected chi connectivity index (χ4v) is 2.30. The number of amides is 1. The summed E-state index contributed by atoms with van der Waals surface area (Å²) in [4.78, 5) is 13.8. The van der Waals surface area contributed by atoms with Crippen LogP contribution >= 0.6 is 0 Å². The summed E-state index contributed by atoms with van der Waals surface area (Å²) >= 11 is 0. The summed E-state index contributed by atoms with van der Waals surface area (Å²) in [5.74, 6) is -0.831. The second-order valence-corrected chi connectivity index (χ2v) is 4.70. The van der Waals surface area contributed by atoms with E-state index in [4.69, 9.17) is 4.74 Å². The minimum absolute atomic E-state index is 0.0878. The van der Waals surface area contributed by atoms with Crippen LogP contribution < -0.4 is 0 Å². The van der Waals surface area contributed by atoms with Crippen LogP contribution in [0, 0.1) is 5.82 Å². The van der Waals surface area contributed by atoms with Gasteiger partial charge in [-0.05, 0) is 17.7 Å². The molecule has 1 unspecified atom stereocenters. The van der Waals surface area contributed by atoms with Crippen molar-refractivity contribution in [3.8, 4) is 0 Å². The van der Waals surface area contributed by atoms with E-state index in [2.05, 4.69) is 0 Å². The quantitative estimate of drug-likeness (QED) is 0.840. The SMILES string of the molecule is O=C(c1ccccc1F)N1COC(c2ccccc2)C1. The predicted octanol–water partition coefficient (Wildman–Crippen LogP) is 3.00. The Balaban J connectivity index is 1.75. The first-order valence-electron chi connectivity index (χ1n) is 6.46. The molecule has 102 valence electrons. The molecule has 0 N–H and O–H groups in total. The monoisotopic (exact) mass is 271 g/mol. The third-order valence-electron chi connectivity index (χ3n) is 3.38. The molecule has 0 aromatic heterocycles. The lowest BCUT2D eigenvalue weighted by molar-refractivity contribution is 0.0627. The number of rotatable bonds is 2. The van der Waals surface area contributed by atoms with E-state index < -0.39 is 5.82 Å². The van der Waals surface area contributed by atoms with E-state index in [9.17, 15) is 9.18 Å². The molecular formula is C16H14FNO2. The molecule has 2 aromatic rings. The second-order valence-electron chi connectivity index (χ2n) is 4.70. The van der Waals surface area contributed by atoms with Crippen molar-refractivity contribution >= 4 is 5.91 Å². The van der Waals surface area contributed by atoms with E-state index in [1.165, 1.54) is 17.0 Å². The van der Waals surface area contributed by atoms with Crippen LogP contribution in [0.1, 0.15) is 22.0 Å². The summed E-state index contributed by atoms with van der Waals surface area (Å²) in [6, 6.07) is 15.7. The molecule has 1 aliphatic heterocycles. The second kappa shape index (κ2) is 5.43. The summed E-state index contributed by atoms with van der Waals surface area (Å²) in [6.07, 6.45) is -0.146. The third kappa shape index (κ3) is 2.42. The predicted molar refractivity (Wildman–Crippen MR) is 72.6 cm³/mol. The highest BCUT2D eigenvalue weighted by atomic mass is 19.1. The maximum absolute atomic E-state index is 13.6. The van der Waals surface area contributed by atoms with E-state index in [1.54, 1.807) is 12.1 Å². The Morgan fingerprint density at radius 1 is 1.10 bits per heavy atom. The van der Waals surface area contributed by atoms with Gasteiger partial charge in [-0.3, -0.25) is 4.79 Å². The molecule has 1 fully saturated rings. The molecule has 0 radical (unpaired) electrons. The number of hydrogen-bond acceptors (Lipinski definition) is 2. The highest BCUT2D eigenvalue weighted by Gasteiger charge is 2.29. The largest absolute Gasteiger partial charge is 0.351 e. The Kier molecular flexibility index (Phi) is 3.48. The smallest absolute Gasteiger partial charge is 0.258 e. The van der Waals surface area contributed by atoms with Gasteiger partial charge in [-0.2, -0.15) is 0 Å². The first-order chi connectivity index (χ1) is 9.75. The minimum atomic E-state index is -0.499. The van der Waals surface area contributed by atoms with E-state index in [1.807, 2.05) is 30.3 Å². The van der Waals surface area contributed by atoms with E-state index in [-0.39, 0.29) is 24.3 Å². The van der Waals surface area contributed by atoms with Gasteiger partial charge < -0.3 is 9.64 Å². The van der Waals surface area contributed by atoms with E-state index in [0.29, 0.717) is 6.54 Å². The average Bonchev–Trinajstić information content (AvgIpc) is 2.98. The summed E-state index contributed by atoms with van der Waals surface area (Å²) in [7, 11) is 0. The van der Waals surface area contributed by atoms with Gasteiger partial charge in [0.25, 0.3) is 5.91 Å². The molecule has 0 bridgehead atoms. The van der Waals surface area contributed by atoms with Crippen molar-refractivity contribution in [2.45, 2.75) is 6.10 Å². The van der Waals surface area contributed by atoms with Crippen molar-refractivity contribution in [1.82, 2.24) is 4.90 Å². The maximum Gasteiger partial charge on any atom is 0.258 e. The van der Waals surface area contributed by atoms with Gasteiger partial charge >= 0.3 is 0 Å². The molecule has 1 amide bonds. The Morgan fingerprint density at radius 3 is 2.55 bits per heavy atom. The van der Waals surface area contributed by atoms with Gasteiger partial charge in [-0.15, -0.1) is 0 Å². The molecule has 0 aliphatic carbocycles. The summed E-state index contributed by atoms with van der Waals surface area (Å²) in [5.41, 5.74) is 1.11. The van der Waals surface area contributed by atoms with Gasteiger partial charge in [0.15, 0.2) is 0 Å². The number of carbonyl (C=O) groups is 1. The van der Waals surface area contributed by atoms with Crippen LogP contribution in [0.4, 0.5) is 4.39 Å². The zero-order valence-electron chi connectivity index (χ0n) is 10.8. The molecule has 1 saturated heterocycles. The van der Waals surface area contributed by atoms with Gasteiger partial charge in [0.1, 0.15) is 18.7 Å². The lowest BCUT2D eigenvalue weighted by atomic mass is 10.1. The van der Waals surface area contributed by atoms with Crippen molar-refractivity contribution in [1.29, 1.82) is 0 Å². The topological polar surface area (TPSA) is 29.5 Å². The van der Waals surface area contributed by atoms with E-state index in [0.717, 1.165) is 5.56 Å².